The van der Waals surface area contributed by atoms with Crippen LogP contribution in [0.1, 0.15) is 23.1 Å². The summed E-state index contributed by atoms with van der Waals surface area (Å²) in [6.07, 6.45) is 0.917. The van der Waals surface area contributed by atoms with Crippen LogP contribution in [0, 0.1) is 0 Å². The van der Waals surface area contributed by atoms with Crippen molar-refractivity contribution in [3.8, 4) is 0 Å². The molecule has 24 heavy (non-hydrogen) atoms. The molecule has 0 aliphatic rings. The molecule has 5 heteroatoms. The lowest BCUT2D eigenvalue weighted by Crippen LogP contribution is -2.32. The third kappa shape index (κ3) is 4.63. The van der Waals surface area contributed by atoms with Gasteiger partial charge in [-0.25, -0.2) is 0 Å². The van der Waals surface area contributed by atoms with E-state index in [4.69, 9.17) is 0 Å². The van der Waals surface area contributed by atoms with Crippen LogP contribution in [0.2, 0.25) is 0 Å². The Morgan fingerprint density at radius 2 is 1.58 bits per heavy atom. The highest BCUT2D eigenvalue weighted by Gasteiger charge is 2.16. The van der Waals surface area contributed by atoms with E-state index < -0.39 is 6.10 Å². The largest absolute Gasteiger partial charge is 0.391 e. The van der Waals surface area contributed by atoms with Gasteiger partial charge in [0.1, 0.15) is 5.01 Å². The summed E-state index contributed by atoms with van der Waals surface area (Å²) in [7, 11) is 0. The second kappa shape index (κ2) is 8.04. The number of hydrogen-bond donors (Lipinski definition) is 2. The molecule has 2 unspecified atom stereocenters. The summed E-state index contributed by atoms with van der Waals surface area (Å²) in [5, 5.41) is 23.8. The average molecular weight is 339 g/mol. The summed E-state index contributed by atoms with van der Waals surface area (Å²) in [5.41, 5.74) is 2.35. The fourth-order valence-electron chi connectivity index (χ4n) is 2.48. The Labute approximate surface area is 146 Å². The van der Waals surface area contributed by atoms with Gasteiger partial charge in [-0.1, -0.05) is 72.0 Å². The molecule has 0 saturated heterocycles. The second-order valence-corrected chi connectivity index (χ2v) is 6.92. The minimum Gasteiger partial charge on any atom is -0.391 e. The number of hydrogen-bond acceptors (Lipinski definition) is 5. The fourth-order valence-corrected chi connectivity index (χ4v) is 3.35. The lowest BCUT2D eigenvalue weighted by Gasteiger charge is -2.19. The van der Waals surface area contributed by atoms with E-state index in [9.17, 15) is 5.11 Å². The fraction of sp³-hybridized carbons (Fsp3) is 0.263. The number of aliphatic hydroxyl groups is 1. The number of aliphatic hydroxyl groups excluding tert-OH is 1. The number of rotatable bonds is 7. The number of nitrogens with zero attached hydrogens (tertiary/aromatic N) is 2. The van der Waals surface area contributed by atoms with Crippen molar-refractivity contribution in [2.75, 3.05) is 5.32 Å². The maximum absolute atomic E-state index is 10.4. The van der Waals surface area contributed by atoms with Gasteiger partial charge in [-0.05, 0) is 18.1 Å². The Balaban J connectivity index is 1.55. The first-order valence-electron chi connectivity index (χ1n) is 8.05. The third-order valence-corrected chi connectivity index (χ3v) is 4.74. The van der Waals surface area contributed by atoms with E-state index in [0.717, 1.165) is 22.1 Å². The Kier molecular flexibility index (Phi) is 5.56. The molecule has 0 spiro atoms. The van der Waals surface area contributed by atoms with Crippen molar-refractivity contribution in [3.05, 3.63) is 76.8 Å². The van der Waals surface area contributed by atoms with E-state index in [0.29, 0.717) is 6.42 Å². The molecule has 124 valence electrons. The van der Waals surface area contributed by atoms with Gasteiger partial charge in [0.05, 0.1) is 12.1 Å². The first-order chi connectivity index (χ1) is 11.7. The Bertz CT molecular complexity index is 746. The minimum atomic E-state index is -0.478. The first kappa shape index (κ1) is 16.6. The quantitative estimate of drug-likeness (QED) is 0.691. The van der Waals surface area contributed by atoms with E-state index in [1.165, 1.54) is 16.9 Å². The van der Waals surface area contributed by atoms with Crippen LogP contribution in [0.15, 0.2) is 60.7 Å². The molecular formula is C19H21N3OS. The van der Waals surface area contributed by atoms with Gasteiger partial charge in [-0.15, -0.1) is 10.2 Å². The molecule has 2 atom stereocenters. The first-order valence-corrected chi connectivity index (χ1v) is 8.87. The van der Waals surface area contributed by atoms with Gasteiger partial charge in [0.25, 0.3) is 0 Å². The third-order valence-electron chi connectivity index (χ3n) is 3.88. The van der Waals surface area contributed by atoms with Crippen molar-refractivity contribution in [2.24, 2.45) is 0 Å². The molecule has 2 aromatic carbocycles. The van der Waals surface area contributed by atoms with Gasteiger partial charge < -0.3 is 10.4 Å². The van der Waals surface area contributed by atoms with Crippen molar-refractivity contribution in [3.63, 3.8) is 0 Å². The number of anilines is 1. The summed E-state index contributed by atoms with van der Waals surface area (Å²) in [6, 6.07) is 20.1. The Morgan fingerprint density at radius 1 is 0.958 bits per heavy atom. The maximum Gasteiger partial charge on any atom is 0.205 e. The zero-order valence-corrected chi connectivity index (χ0v) is 14.4. The zero-order valence-electron chi connectivity index (χ0n) is 13.6. The van der Waals surface area contributed by atoms with Crippen LogP contribution in [-0.4, -0.2) is 27.4 Å². The van der Waals surface area contributed by atoms with Crippen LogP contribution in [0.25, 0.3) is 0 Å². The van der Waals surface area contributed by atoms with E-state index in [2.05, 4.69) is 27.6 Å². The number of benzene rings is 2. The van der Waals surface area contributed by atoms with Crippen molar-refractivity contribution in [1.29, 1.82) is 0 Å². The summed E-state index contributed by atoms with van der Waals surface area (Å²) in [5.74, 6) is 0. The molecule has 3 rings (SSSR count). The molecule has 0 radical (unpaired) electrons. The smallest absolute Gasteiger partial charge is 0.205 e. The molecule has 2 N–H and O–H groups in total. The highest BCUT2D eigenvalue weighted by atomic mass is 32.1. The highest BCUT2D eigenvalue weighted by molar-refractivity contribution is 7.15. The van der Waals surface area contributed by atoms with Gasteiger partial charge in [0, 0.05) is 12.8 Å². The van der Waals surface area contributed by atoms with E-state index >= 15 is 0 Å². The Morgan fingerprint density at radius 3 is 2.25 bits per heavy atom. The number of nitrogens with one attached hydrogen (secondary N) is 1. The SMILES string of the molecule is CC(Nc1nnc(Cc2ccccc2)s1)C(O)Cc1ccccc1. The second-order valence-electron chi connectivity index (χ2n) is 5.85. The topological polar surface area (TPSA) is 58.0 Å². The molecule has 0 bridgehead atoms. The van der Waals surface area contributed by atoms with E-state index in [1.807, 2.05) is 55.5 Å². The molecule has 0 aliphatic heterocycles. The van der Waals surface area contributed by atoms with Crippen molar-refractivity contribution >= 4 is 16.5 Å². The van der Waals surface area contributed by atoms with Gasteiger partial charge in [-0.2, -0.15) is 0 Å². The lowest BCUT2D eigenvalue weighted by atomic mass is 10.0. The van der Waals surface area contributed by atoms with Crippen molar-refractivity contribution < 1.29 is 5.11 Å². The summed E-state index contributed by atoms with van der Waals surface area (Å²) < 4.78 is 0. The van der Waals surface area contributed by atoms with Gasteiger partial charge in [0.15, 0.2) is 0 Å². The molecular weight excluding hydrogens is 318 g/mol. The number of aromatic nitrogens is 2. The molecule has 0 aliphatic carbocycles. The standard InChI is InChI=1S/C19H21N3OS/c1-14(17(23)12-15-8-4-2-5-9-15)20-19-22-21-18(24-19)13-16-10-6-3-7-11-16/h2-11,14,17,23H,12-13H2,1H3,(H,20,22). The van der Waals surface area contributed by atoms with Crippen LogP contribution < -0.4 is 5.32 Å². The van der Waals surface area contributed by atoms with Gasteiger partial charge in [0.2, 0.25) is 5.13 Å². The zero-order chi connectivity index (χ0) is 16.8. The van der Waals surface area contributed by atoms with E-state index in [1.54, 1.807) is 0 Å². The molecule has 4 nitrogen and oxygen atoms in total. The Hall–Kier alpha value is -2.24. The van der Waals surface area contributed by atoms with Crippen LogP contribution >= 0.6 is 11.3 Å². The highest BCUT2D eigenvalue weighted by Crippen LogP contribution is 2.20. The molecule has 3 aromatic rings. The van der Waals surface area contributed by atoms with Gasteiger partial charge >= 0.3 is 0 Å². The summed E-state index contributed by atoms with van der Waals surface area (Å²) >= 11 is 1.54. The van der Waals surface area contributed by atoms with Crippen LogP contribution in [0.5, 0.6) is 0 Å². The maximum atomic E-state index is 10.4. The molecule has 0 saturated carbocycles. The van der Waals surface area contributed by atoms with Gasteiger partial charge in [-0.3, -0.25) is 0 Å². The minimum absolute atomic E-state index is 0.0947. The summed E-state index contributed by atoms with van der Waals surface area (Å²) in [6.45, 7) is 1.96. The lowest BCUT2D eigenvalue weighted by molar-refractivity contribution is 0.158. The molecule has 0 amide bonds. The molecule has 1 heterocycles. The predicted octanol–water partition coefficient (Wildman–Crippen LogP) is 3.53. The predicted molar refractivity (Wildman–Crippen MR) is 98.4 cm³/mol. The molecule has 1 aromatic heterocycles. The summed E-state index contributed by atoms with van der Waals surface area (Å²) in [4.78, 5) is 0. The van der Waals surface area contributed by atoms with Crippen molar-refractivity contribution in [2.45, 2.75) is 31.9 Å². The average Bonchev–Trinajstić information content (AvgIpc) is 3.03. The van der Waals surface area contributed by atoms with E-state index in [-0.39, 0.29) is 6.04 Å². The van der Waals surface area contributed by atoms with Crippen LogP contribution in [-0.2, 0) is 12.8 Å². The van der Waals surface area contributed by atoms with Crippen LogP contribution in [0.4, 0.5) is 5.13 Å². The monoisotopic (exact) mass is 339 g/mol. The normalized spacial score (nSPS) is 13.4. The van der Waals surface area contributed by atoms with Crippen LogP contribution in [0.3, 0.4) is 0 Å². The molecule has 0 fully saturated rings. The van der Waals surface area contributed by atoms with Crippen molar-refractivity contribution in [1.82, 2.24) is 10.2 Å².